The van der Waals surface area contributed by atoms with Crippen LogP contribution >= 0.6 is 0 Å². The van der Waals surface area contributed by atoms with Crippen LogP contribution in [-0.2, 0) is 23.7 Å². The first-order valence-corrected chi connectivity index (χ1v) is 9.09. The molecule has 3 heterocycles. The van der Waals surface area contributed by atoms with Gasteiger partial charge in [0.2, 0.25) is 0 Å². The Morgan fingerprint density at radius 2 is 2.04 bits per heavy atom. The van der Waals surface area contributed by atoms with Crippen LogP contribution in [0.3, 0.4) is 0 Å². The Morgan fingerprint density at radius 1 is 1.09 bits per heavy atom. The second-order valence-corrected chi connectivity index (χ2v) is 7.10. The van der Waals surface area contributed by atoms with Crippen molar-refractivity contribution in [2.45, 2.75) is 63.1 Å². The van der Waals surface area contributed by atoms with Gasteiger partial charge in [-0.3, -0.25) is 9.69 Å². The zero-order valence-electron chi connectivity index (χ0n) is 13.7. The number of hydrogen-bond acceptors (Lipinski definition) is 6. The molecule has 0 N–H and O–H groups in total. The van der Waals surface area contributed by atoms with Crippen molar-refractivity contribution in [2.75, 3.05) is 32.9 Å². The first-order chi connectivity index (χ1) is 11.3. The zero-order chi connectivity index (χ0) is 15.6. The first kappa shape index (κ1) is 15.8. The summed E-state index contributed by atoms with van der Waals surface area (Å²) < 4.78 is 23.2. The van der Waals surface area contributed by atoms with Crippen molar-refractivity contribution in [2.24, 2.45) is 5.92 Å². The van der Waals surface area contributed by atoms with Crippen LogP contribution in [0, 0.1) is 5.92 Å². The number of hydrogen-bond donors (Lipinski definition) is 0. The molecule has 0 amide bonds. The Labute approximate surface area is 137 Å². The van der Waals surface area contributed by atoms with E-state index >= 15 is 0 Å². The van der Waals surface area contributed by atoms with Gasteiger partial charge in [-0.1, -0.05) is 0 Å². The van der Waals surface area contributed by atoms with E-state index in [2.05, 4.69) is 4.90 Å². The second-order valence-electron chi connectivity index (χ2n) is 7.10. The molecule has 6 nitrogen and oxygen atoms in total. The van der Waals surface area contributed by atoms with Crippen molar-refractivity contribution < 1.29 is 23.7 Å². The maximum absolute atomic E-state index is 11.7. The van der Waals surface area contributed by atoms with E-state index in [0.29, 0.717) is 6.42 Å². The van der Waals surface area contributed by atoms with E-state index < -0.39 is 0 Å². The van der Waals surface area contributed by atoms with Gasteiger partial charge in [-0.2, -0.15) is 0 Å². The predicted octanol–water partition coefficient (Wildman–Crippen LogP) is 1.32. The number of fused-ring (bicyclic) bond motifs is 1. The quantitative estimate of drug-likeness (QED) is 0.730. The summed E-state index contributed by atoms with van der Waals surface area (Å²) >= 11 is 0. The van der Waals surface area contributed by atoms with Gasteiger partial charge in [-0.15, -0.1) is 0 Å². The topological polar surface area (TPSA) is 57.2 Å². The number of rotatable bonds is 3. The maximum Gasteiger partial charge on any atom is 0.306 e. The molecule has 4 rings (SSSR count). The van der Waals surface area contributed by atoms with Gasteiger partial charge < -0.3 is 18.9 Å². The van der Waals surface area contributed by atoms with E-state index in [-0.39, 0.29) is 36.4 Å². The molecule has 23 heavy (non-hydrogen) atoms. The van der Waals surface area contributed by atoms with Crippen molar-refractivity contribution in [3.63, 3.8) is 0 Å². The minimum atomic E-state index is -0.0889. The molecular formula is C17H27NO5. The first-order valence-electron chi connectivity index (χ1n) is 9.09. The molecule has 4 aliphatic rings. The smallest absolute Gasteiger partial charge is 0.306 e. The Bertz CT molecular complexity index is 417. The highest BCUT2D eigenvalue weighted by Crippen LogP contribution is 2.42. The van der Waals surface area contributed by atoms with Crippen LogP contribution in [0.4, 0.5) is 0 Å². The molecule has 0 aromatic heterocycles. The molecule has 1 unspecified atom stereocenters. The highest BCUT2D eigenvalue weighted by molar-refractivity contribution is 5.72. The molecule has 130 valence electrons. The lowest BCUT2D eigenvalue weighted by Crippen LogP contribution is -2.48. The Morgan fingerprint density at radius 3 is 2.91 bits per heavy atom. The Hall–Kier alpha value is -0.690. The highest BCUT2D eigenvalue weighted by atomic mass is 16.7. The van der Waals surface area contributed by atoms with Crippen molar-refractivity contribution in [3.8, 4) is 0 Å². The predicted molar refractivity (Wildman–Crippen MR) is 81.9 cm³/mol. The molecule has 6 heteroatoms. The van der Waals surface area contributed by atoms with Crippen molar-refractivity contribution in [1.29, 1.82) is 0 Å². The zero-order valence-corrected chi connectivity index (χ0v) is 13.7. The van der Waals surface area contributed by atoms with Crippen LogP contribution in [-0.4, -0.2) is 68.3 Å². The van der Waals surface area contributed by atoms with Crippen LogP contribution in [0.15, 0.2) is 0 Å². The van der Waals surface area contributed by atoms with Gasteiger partial charge in [-0.25, -0.2) is 0 Å². The van der Waals surface area contributed by atoms with Crippen LogP contribution in [0.5, 0.6) is 0 Å². The number of nitrogens with zero attached hydrogens (tertiary/aromatic N) is 1. The molecule has 1 aliphatic carbocycles. The molecule has 5 atom stereocenters. The van der Waals surface area contributed by atoms with Crippen LogP contribution in [0.25, 0.3) is 0 Å². The number of ether oxygens (including phenoxy) is 4. The summed E-state index contributed by atoms with van der Waals surface area (Å²) in [4.78, 5) is 14.2. The molecule has 0 aromatic rings. The summed E-state index contributed by atoms with van der Waals surface area (Å²) in [6, 6.07) is 0.249. The van der Waals surface area contributed by atoms with E-state index in [1.54, 1.807) is 0 Å². The summed E-state index contributed by atoms with van der Waals surface area (Å²) in [5.41, 5.74) is 0. The Kier molecular flexibility index (Phi) is 4.85. The molecule has 3 aliphatic heterocycles. The van der Waals surface area contributed by atoms with Gasteiger partial charge in [0.25, 0.3) is 0 Å². The molecule has 0 bridgehead atoms. The average Bonchev–Trinajstić information content (AvgIpc) is 2.92. The SMILES string of the molecule is O=C1C[C@H]2[C@H](N3CCCOCC3)[C@@H](OC3CCCCO3)C[C@H]2O1. The fraction of sp³-hybridized carbons (Fsp3) is 0.941. The number of carbonyl (C=O) groups is 1. The van der Waals surface area contributed by atoms with Gasteiger partial charge in [-0.05, 0) is 25.7 Å². The van der Waals surface area contributed by atoms with E-state index in [1.165, 1.54) is 6.42 Å². The van der Waals surface area contributed by atoms with E-state index in [1.807, 2.05) is 0 Å². The summed E-state index contributed by atoms with van der Waals surface area (Å²) in [5, 5.41) is 0. The van der Waals surface area contributed by atoms with E-state index in [4.69, 9.17) is 18.9 Å². The maximum atomic E-state index is 11.7. The minimum Gasteiger partial charge on any atom is -0.462 e. The lowest BCUT2D eigenvalue weighted by atomic mass is 9.97. The third kappa shape index (κ3) is 3.40. The van der Waals surface area contributed by atoms with Gasteiger partial charge in [0.15, 0.2) is 6.29 Å². The standard InChI is InChI=1S/C17H27NO5/c19-15-10-12-13(22-15)11-14(23-16-4-1-2-8-21-16)17(12)18-5-3-7-20-9-6-18/h12-14,16-17H,1-11H2/t12-,13-,14+,16?,17+/m1/s1. The van der Waals surface area contributed by atoms with Gasteiger partial charge in [0.1, 0.15) is 6.10 Å². The average molecular weight is 325 g/mol. The highest BCUT2D eigenvalue weighted by Gasteiger charge is 2.53. The summed E-state index contributed by atoms with van der Waals surface area (Å²) in [6.45, 7) is 4.29. The molecular weight excluding hydrogens is 298 g/mol. The van der Waals surface area contributed by atoms with Gasteiger partial charge in [0.05, 0.1) is 19.1 Å². The summed E-state index contributed by atoms with van der Waals surface area (Å²) in [5.74, 6) is 0.206. The fourth-order valence-electron chi connectivity index (χ4n) is 4.55. The van der Waals surface area contributed by atoms with Crippen molar-refractivity contribution in [1.82, 2.24) is 4.90 Å². The third-order valence-corrected chi connectivity index (χ3v) is 5.59. The van der Waals surface area contributed by atoms with Gasteiger partial charge in [0, 0.05) is 44.7 Å². The molecule has 0 aromatic carbocycles. The molecule has 4 fully saturated rings. The van der Waals surface area contributed by atoms with Crippen molar-refractivity contribution >= 4 is 5.97 Å². The molecule has 0 radical (unpaired) electrons. The normalized spacial score (nSPS) is 42.3. The minimum absolute atomic E-state index is 0.0188. The third-order valence-electron chi connectivity index (χ3n) is 5.59. The monoisotopic (exact) mass is 325 g/mol. The lowest BCUT2D eigenvalue weighted by Gasteiger charge is -2.36. The van der Waals surface area contributed by atoms with Crippen LogP contribution in [0.1, 0.15) is 38.5 Å². The van der Waals surface area contributed by atoms with E-state index in [0.717, 1.165) is 58.6 Å². The summed E-state index contributed by atoms with van der Waals surface area (Å²) in [7, 11) is 0. The van der Waals surface area contributed by atoms with Gasteiger partial charge >= 0.3 is 5.97 Å². The van der Waals surface area contributed by atoms with E-state index in [9.17, 15) is 4.79 Å². The Balaban J connectivity index is 1.48. The molecule has 1 saturated carbocycles. The fourth-order valence-corrected chi connectivity index (χ4v) is 4.55. The molecule has 3 saturated heterocycles. The summed E-state index contributed by atoms with van der Waals surface area (Å²) in [6.07, 6.45) is 5.66. The number of esters is 1. The largest absolute Gasteiger partial charge is 0.462 e. The van der Waals surface area contributed by atoms with Crippen molar-refractivity contribution in [3.05, 3.63) is 0 Å². The van der Waals surface area contributed by atoms with Crippen LogP contribution < -0.4 is 0 Å². The number of carbonyl (C=O) groups excluding carboxylic acids is 1. The lowest BCUT2D eigenvalue weighted by molar-refractivity contribution is -0.199. The van der Waals surface area contributed by atoms with Crippen LogP contribution in [0.2, 0.25) is 0 Å². The second kappa shape index (κ2) is 7.05. The molecule has 0 spiro atoms.